The van der Waals surface area contributed by atoms with Crippen molar-refractivity contribution >= 4 is 23.3 Å². The molecule has 0 atom stereocenters. The van der Waals surface area contributed by atoms with Crippen LogP contribution in [0.2, 0.25) is 5.02 Å². The lowest BCUT2D eigenvalue weighted by Crippen LogP contribution is -1.93. The summed E-state index contributed by atoms with van der Waals surface area (Å²) in [5, 5.41) is 0.815. The van der Waals surface area contributed by atoms with Gasteiger partial charge in [0, 0.05) is 5.02 Å². The summed E-state index contributed by atoms with van der Waals surface area (Å²) in [5.41, 5.74) is 9.23. The SMILES string of the molecule is Cc1ccccc1C=C1c2ccccc2CCc2cc(Cl)ccc21. The van der Waals surface area contributed by atoms with Gasteiger partial charge in [0.15, 0.2) is 0 Å². The van der Waals surface area contributed by atoms with Crippen LogP contribution in [0.15, 0.2) is 66.7 Å². The van der Waals surface area contributed by atoms with E-state index in [-0.39, 0.29) is 0 Å². The average Bonchev–Trinajstić information content (AvgIpc) is 2.74. The maximum Gasteiger partial charge on any atom is 0.0409 e. The third kappa shape index (κ3) is 2.79. The van der Waals surface area contributed by atoms with Gasteiger partial charge in [-0.05, 0) is 76.9 Å². The predicted molar refractivity (Wildman–Crippen MR) is 103 cm³/mol. The van der Waals surface area contributed by atoms with E-state index in [2.05, 4.69) is 73.7 Å². The Hall–Kier alpha value is -2.31. The van der Waals surface area contributed by atoms with Gasteiger partial charge in [-0.1, -0.05) is 66.2 Å². The fourth-order valence-corrected chi connectivity index (χ4v) is 3.70. The Bertz CT molecular complexity index is 934. The second-order valence-corrected chi connectivity index (χ2v) is 6.81. The van der Waals surface area contributed by atoms with Gasteiger partial charge in [0.25, 0.3) is 0 Å². The zero-order valence-corrected chi connectivity index (χ0v) is 14.5. The highest BCUT2D eigenvalue weighted by atomic mass is 35.5. The molecule has 0 aromatic heterocycles. The first-order chi connectivity index (χ1) is 11.7. The van der Waals surface area contributed by atoms with Gasteiger partial charge in [0.05, 0.1) is 0 Å². The molecule has 1 aliphatic carbocycles. The third-order valence-electron chi connectivity index (χ3n) is 4.82. The van der Waals surface area contributed by atoms with Crippen molar-refractivity contribution in [2.45, 2.75) is 19.8 Å². The largest absolute Gasteiger partial charge is 0.0843 e. The smallest absolute Gasteiger partial charge is 0.0409 e. The predicted octanol–water partition coefficient (Wildman–Crippen LogP) is 6.34. The van der Waals surface area contributed by atoms with Gasteiger partial charge in [-0.3, -0.25) is 0 Å². The van der Waals surface area contributed by atoms with E-state index in [0.29, 0.717) is 0 Å². The van der Waals surface area contributed by atoms with E-state index >= 15 is 0 Å². The van der Waals surface area contributed by atoms with Crippen LogP contribution in [0.1, 0.15) is 33.4 Å². The standard InChI is InChI=1S/C23H19Cl/c1-16-6-2-3-8-18(16)15-23-21-9-5-4-7-17(21)10-11-19-14-20(24)12-13-22(19)23/h2-9,12-15H,10-11H2,1H3. The average molecular weight is 331 g/mol. The minimum atomic E-state index is 0.815. The molecule has 0 amide bonds. The Kier molecular flexibility index (Phi) is 4.00. The van der Waals surface area contributed by atoms with Crippen LogP contribution in [-0.4, -0.2) is 0 Å². The number of hydrogen-bond acceptors (Lipinski definition) is 0. The van der Waals surface area contributed by atoms with Gasteiger partial charge >= 0.3 is 0 Å². The quantitative estimate of drug-likeness (QED) is 0.488. The zero-order chi connectivity index (χ0) is 16.5. The molecule has 0 unspecified atom stereocenters. The highest BCUT2D eigenvalue weighted by molar-refractivity contribution is 6.30. The molecular formula is C23H19Cl. The van der Waals surface area contributed by atoms with Gasteiger partial charge < -0.3 is 0 Å². The number of benzene rings is 3. The van der Waals surface area contributed by atoms with Crippen molar-refractivity contribution < 1.29 is 0 Å². The second kappa shape index (κ2) is 6.30. The summed E-state index contributed by atoms with van der Waals surface area (Å²) in [5.74, 6) is 0. The van der Waals surface area contributed by atoms with Crippen molar-refractivity contribution in [2.24, 2.45) is 0 Å². The van der Waals surface area contributed by atoms with Crippen LogP contribution in [-0.2, 0) is 12.8 Å². The molecule has 0 fully saturated rings. The van der Waals surface area contributed by atoms with Gasteiger partial charge in [-0.25, -0.2) is 0 Å². The first kappa shape index (κ1) is 15.2. The van der Waals surface area contributed by atoms with E-state index in [4.69, 9.17) is 11.6 Å². The lowest BCUT2D eigenvalue weighted by atomic mass is 9.91. The van der Waals surface area contributed by atoms with Crippen LogP contribution < -0.4 is 0 Å². The Morgan fingerprint density at radius 3 is 2.38 bits per heavy atom. The van der Waals surface area contributed by atoms with E-state index in [1.165, 1.54) is 39.0 Å². The van der Waals surface area contributed by atoms with Crippen molar-refractivity contribution in [3.05, 3.63) is 105 Å². The number of aryl methyl sites for hydroxylation is 3. The zero-order valence-electron chi connectivity index (χ0n) is 13.7. The Labute approximate surface area is 148 Å². The van der Waals surface area contributed by atoms with Crippen LogP contribution in [0.25, 0.3) is 11.6 Å². The molecule has 0 N–H and O–H groups in total. The van der Waals surface area contributed by atoms with Crippen LogP contribution in [0.4, 0.5) is 0 Å². The van der Waals surface area contributed by atoms with Crippen molar-refractivity contribution in [1.82, 2.24) is 0 Å². The maximum absolute atomic E-state index is 6.25. The fourth-order valence-electron chi connectivity index (χ4n) is 3.51. The van der Waals surface area contributed by atoms with Crippen molar-refractivity contribution in [1.29, 1.82) is 0 Å². The van der Waals surface area contributed by atoms with Gasteiger partial charge in [0.1, 0.15) is 0 Å². The number of halogens is 1. The molecule has 0 saturated heterocycles. The van der Waals surface area contributed by atoms with Crippen molar-refractivity contribution in [3.63, 3.8) is 0 Å². The van der Waals surface area contributed by atoms with E-state index in [1.54, 1.807) is 0 Å². The van der Waals surface area contributed by atoms with Crippen molar-refractivity contribution in [3.8, 4) is 0 Å². The molecule has 4 rings (SSSR count). The molecule has 0 bridgehead atoms. The molecule has 3 aromatic carbocycles. The number of hydrogen-bond donors (Lipinski definition) is 0. The minimum absolute atomic E-state index is 0.815. The molecule has 1 aliphatic rings. The summed E-state index contributed by atoms with van der Waals surface area (Å²) in [4.78, 5) is 0. The fraction of sp³-hybridized carbons (Fsp3) is 0.130. The van der Waals surface area contributed by atoms with Crippen LogP contribution >= 0.6 is 11.6 Å². The molecule has 118 valence electrons. The van der Waals surface area contributed by atoms with Gasteiger partial charge in [0.2, 0.25) is 0 Å². The Morgan fingerprint density at radius 2 is 1.50 bits per heavy atom. The number of fused-ring (bicyclic) bond motifs is 2. The molecule has 0 nitrogen and oxygen atoms in total. The lowest BCUT2D eigenvalue weighted by Gasteiger charge is -2.13. The summed E-state index contributed by atoms with van der Waals surface area (Å²) in [6, 6.07) is 23.6. The lowest BCUT2D eigenvalue weighted by molar-refractivity contribution is 0.965. The molecule has 0 aliphatic heterocycles. The van der Waals surface area contributed by atoms with Crippen LogP contribution in [0.3, 0.4) is 0 Å². The molecule has 0 heterocycles. The van der Waals surface area contributed by atoms with E-state index in [0.717, 1.165) is 17.9 Å². The number of rotatable bonds is 1. The molecule has 3 aromatic rings. The summed E-state index contributed by atoms with van der Waals surface area (Å²) < 4.78 is 0. The minimum Gasteiger partial charge on any atom is -0.0843 e. The molecule has 0 spiro atoms. The molecular weight excluding hydrogens is 312 g/mol. The second-order valence-electron chi connectivity index (χ2n) is 6.37. The van der Waals surface area contributed by atoms with Gasteiger partial charge in [-0.2, -0.15) is 0 Å². The Morgan fingerprint density at radius 1 is 0.792 bits per heavy atom. The van der Waals surface area contributed by atoms with E-state index < -0.39 is 0 Å². The highest BCUT2D eigenvalue weighted by Gasteiger charge is 2.18. The first-order valence-corrected chi connectivity index (χ1v) is 8.74. The summed E-state index contributed by atoms with van der Waals surface area (Å²) >= 11 is 6.25. The maximum atomic E-state index is 6.25. The highest BCUT2D eigenvalue weighted by Crippen LogP contribution is 2.36. The summed E-state index contributed by atoms with van der Waals surface area (Å²) in [7, 11) is 0. The monoisotopic (exact) mass is 330 g/mol. The van der Waals surface area contributed by atoms with E-state index in [9.17, 15) is 0 Å². The molecule has 1 heteroatoms. The first-order valence-electron chi connectivity index (χ1n) is 8.37. The molecule has 0 saturated carbocycles. The van der Waals surface area contributed by atoms with Crippen LogP contribution in [0, 0.1) is 6.92 Å². The van der Waals surface area contributed by atoms with Crippen molar-refractivity contribution in [2.75, 3.05) is 0 Å². The molecule has 0 radical (unpaired) electrons. The normalized spacial score (nSPS) is 14.8. The van der Waals surface area contributed by atoms with E-state index in [1.807, 2.05) is 6.07 Å². The summed E-state index contributed by atoms with van der Waals surface area (Å²) in [6.45, 7) is 2.16. The molecule has 24 heavy (non-hydrogen) atoms. The topological polar surface area (TPSA) is 0 Å². The third-order valence-corrected chi connectivity index (χ3v) is 5.05. The summed E-state index contributed by atoms with van der Waals surface area (Å²) in [6.07, 6.45) is 4.40. The Balaban J connectivity index is 1.99. The van der Waals surface area contributed by atoms with Crippen LogP contribution in [0.5, 0.6) is 0 Å². The van der Waals surface area contributed by atoms with Gasteiger partial charge in [-0.15, -0.1) is 0 Å².